The molecule has 0 aliphatic carbocycles. The number of ether oxygens (including phenoxy) is 1. The van der Waals surface area contributed by atoms with Crippen molar-refractivity contribution in [3.05, 3.63) is 29.6 Å². The zero-order valence-corrected chi connectivity index (χ0v) is 11.6. The van der Waals surface area contributed by atoms with Gasteiger partial charge >= 0.3 is 0 Å². The monoisotopic (exact) mass is 253 g/mol. The molecule has 0 saturated heterocycles. The second-order valence-electron chi connectivity index (χ2n) is 4.75. The number of nitrogens with two attached hydrogens (primary N) is 1. The van der Waals surface area contributed by atoms with E-state index in [1.54, 1.807) is 13.2 Å². The first-order valence-corrected chi connectivity index (χ1v) is 6.73. The van der Waals surface area contributed by atoms with Gasteiger partial charge < -0.3 is 10.5 Å². The Labute approximate surface area is 109 Å². The van der Waals surface area contributed by atoms with Crippen molar-refractivity contribution in [2.75, 3.05) is 7.11 Å². The summed E-state index contributed by atoms with van der Waals surface area (Å²) in [6.07, 6.45) is 4.31. The molecule has 2 N–H and O–H groups in total. The van der Waals surface area contributed by atoms with Gasteiger partial charge in [-0.1, -0.05) is 26.7 Å². The lowest BCUT2D eigenvalue weighted by atomic mass is 9.86. The summed E-state index contributed by atoms with van der Waals surface area (Å²) in [5.74, 6) is 0.810. The molecule has 0 aliphatic rings. The molecule has 1 rings (SSSR count). The molecule has 1 aromatic carbocycles. The molecule has 18 heavy (non-hydrogen) atoms. The van der Waals surface area contributed by atoms with Gasteiger partial charge in [0, 0.05) is 11.6 Å². The van der Waals surface area contributed by atoms with E-state index in [-0.39, 0.29) is 11.9 Å². The van der Waals surface area contributed by atoms with Crippen LogP contribution in [0.3, 0.4) is 0 Å². The lowest BCUT2D eigenvalue weighted by Crippen LogP contribution is -2.22. The largest absolute Gasteiger partial charge is 0.496 e. The van der Waals surface area contributed by atoms with Gasteiger partial charge in [0.25, 0.3) is 0 Å². The predicted molar refractivity (Wildman–Crippen MR) is 73.2 cm³/mol. The van der Waals surface area contributed by atoms with Crippen LogP contribution in [0, 0.1) is 11.7 Å². The molecule has 0 bridgehead atoms. The second kappa shape index (κ2) is 7.37. The number of methoxy groups -OCH3 is 1. The second-order valence-corrected chi connectivity index (χ2v) is 4.75. The average molecular weight is 253 g/mol. The maximum Gasteiger partial charge on any atom is 0.123 e. The number of hydrogen-bond acceptors (Lipinski definition) is 2. The molecule has 0 aliphatic heterocycles. The van der Waals surface area contributed by atoms with Crippen LogP contribution in [-0.2, 0) is 0 Å². The SMILES string of the molecule is CCCC(CCC)C(N)c1cc(F)ccc1OC. The van der Waals surface area contributed by atoms with Crippen LogP contribution in [-0.4, -0.2) is 7.11 Å². The van der Waals surface area contributed by atoms with Gasteiger partial charge in [-0.2, -0.15) is 0 Å². The number of benzene rings is 1. The summed E-state index contributed by atoms with van der Waals surface area (Å²) in [7, 11) is 1.60. The molecule has 0 saturated carbocycles. The fourth-order valence-corrected chi connectivity index (χ4v) is 2.46. The van der Waals surface area contributed by atoms with E-state index in [2.05, 4.69) is 13.8 Å². The maximum atomic E-state index is 13.4. The Balaban J connectivity index is 2.98. The quantitative estimate of drug-likeness (QED) is 0.795. The highest BCUT2D eigenvalue weighted by molar-refractivity contribution is 5.36. The summed E-state index contributed by atoms with van der Waals surface area (Å²) < 4.78 is 18.6. The van der Waals surface area contributed by atoms with Crippen molar-refractivity contribution in [3.63, 3.8) is 0 Å². The van der Waals surface area contributed by atoms with Gasteiger partial charge in [-0.15, -0.1) is 0 Å². The Morgan fingerprint density at radius 3 is 2.33 bits per heavy atom. The normalized spacial score (nSPS) is 12.8. The van der Waals surface area contributed by atoms with Crippen molar-refractivity contribution < 1.29 is 9.13 Å². The Bertz CT molecular complexity index is 362. The van der Waals surface area contributed by atoms with E-state index in [4.69, 9.17) is 10.5 Å². The topological polar surface area (TPSA) is 35.2 Å². The first-order valence-electron chi connectivity index (χ1n) is 6.73. The van der Waals surface area contributed by atoms with Crippen LogP contribution < -0.4 is 10.5 Å². The van der Waals surface area contributed by atoms with Crippen molar-refractivity contribution in [1.29, 1.82) is 0 Å². The van der Waals surface area contributed by atoms with E-state index in [9.17, 15) is 4.39 Å². The summed E-state index contributed by atoms with van der Waals surface area (Å²) in [5, 5.41) is 0. The zero-order valence-electron chi connectivity index (χ0n) is 11.6. The Hall–Kier alpha value is -1.09. The standard InChI is InChI=1S/C15H24FNO/c1-4-6-11(7-5-2)15(17)13-10-12(16)8-9-14(13)18-3/h8-11,15H,4-7,17H2,1-3H3. The minimum Gasteiger partial charge on any atom is -0.496 e. The van der Waals surface area contributed by atoms with Gasteiger partial charge in [0.05, 0.1) is 7.11 Å². The predicted octanol–water partition coefficient (Wildman–Crippen LogP) is 4.05. The fourth-order valence-electron chi connectivity index (χ4n) is 2.46. The van der Waals surface area contributed by atoms with E-state index in [0.29, 0.717) is 11.7 Å². The molecule has 0 amide bonds. The third kappa shape index (κ3) is 3.70. The molecule has 0 heterocycles. The van der Waals surface area contributed by atoms with E-state index in [1.165, 1.54) is 12.1 Å². The lowest BCUT2D eigenvalue weighted by Gasteiger charge is -2.25. The van der Waals surface area contributed by atoms with Gasteiger partial charge in [0.15, 0.2) is 0 Å². The molecule has 0 spiro atoms. The van der Waals surface area contributed by atoms with Gasteiger partial charge in [0.1, 0.15) is 11.6 Å². The molecule has 102 valence electrons. The van der Waals surface area contributed by atoms with Gasteiger partial charge in [-0.05, 0) is 37.0 Å². The number of rotatable bonds is 7. The maximum absolute atomic E-state index is 13.4. The zero-order chi connectivity index (χ0) is 13.5. The van der Waals surface area contributed by atoms with Gasteiger partial charge in [0.2, 0.25) is 0 Å². The minimum absolute atomic E-state index is 0.157. The van der Waals surface area contributed by atoms with Gasteiger partial charge in [-0.3, -0.25) is 0 Å². The molecule has 3 heteroatoms. The smallest absolute Gasteiger partial charge is 0.123 e. The minimum atomic E-state index is -0.256. The first kappa shape index (κ1) is 15.0. The third-order valence-corrected chi connectivity index (χ3v) is 3.38. The Morgan fingerprint density at radius 2 is 1.83 bits per heavy atom. The summed E-state index contributed by atoms with van der Waals surface area (Å²) in [5.41, 5.74) is 7.09. The van der Waals surface area contributed by atoms with Crippen LogP contribution in [0.5, 0.6) is 5.75 Å². The third-order valence-electron chi connectivity index (χ3n) is 3.38. The van der Waals surface area contributed by atoms with E-state index < -0.39 is 0 Å². The van der Waals surface area contributed by atoms with Crippen LogP contribution in [0.4, 0.5) is 4.39 Å². The van der Waals surface area contributed by atoms with Crippen LogP contribution in [0.2, 0.25) is 0 Å². The fraction of sp³-hybridized carbons (Fsp3) is 0.600. The molecule has 0 radical (unpaired) electrons. The Morgan fingerprint density at radius 1 is 1.22 bits per heavy atom. The average Bonchev–Trinajstić information content (AvgIpc) is 2.37. The highest BCUT2D eigenvalue weighted by Crippen LogP contribution is 2.33. The number of hydrogen-bond donors (Lipinski definition) is 1. The van der Waals surface area contributed by atoms with Crippen LogP contribution in [0.25, 0.3) is 0 Å². The molecular weight excluding hydrogens is 229 g/mol. The van der Waals surface area contributed by atoms with Crippen LogP contribution >= 0.6 is 0 Å². The van der Waals surface area contributed by atoms with E-state index >= 15 is 0 Å². The summed E-state index contributed by atoms with van der Waals surface area (Å²) in [6.45, 7) is 4.30. The molecule has 0 aromatic heterocycles. The van der Waals surface area contributed by atoms with Crippen molar-refractivity contribution in [3.8, 4) is 5.75 Å². The molecule has 1 atom stereocenters. The molecule has 1 aromatic rings. The number of halogens is 1. The van der Waals surface area contributed by atoms with Crippen LogP contribution in [0.15, 0.2) is 18.2 Å². The van der Waals surface area contributed by atoms with Crippen LogP contribution in [0.1, 0.15) is 51.1 Å². The first-order chi connectivity index (χ1) is 8.63. The Kier molecular flexibility index (Phi) is 6.13. The van der Waals surface area contributed by atoms with Crippen molar-refractivity contribution in [1.82, 2.24) is 0 Å². The summed E-state index contributed by atoms with van der Waals surface area (Å²) in [6, 6.07) is 4.40. The van der Waals surface area contributed by atoms with Crippen molar-refractivity contribution >= 4 is 0 Å². The summed E-state index contributed by atoms with van der Waals surface area (Å²) >= 11 is 0. The molecule has 2 nitrogen and oxygen atoms in total. The van der Waals surface area contributed by atoms with Crippen molar-refractivity contribution in [2.45, 2.75) is 45.6 Å². The van der Waals surface area contributed by atoms with E-state index in [1.807, 2.05) is 0 Å². The van der Waals surface area contributed by atoms with Gasteiger partial charge in [-0.25, -0.2) is 4.39 Å². The summed E-state index contributed by atoms with van der Waals surface area (Å²) in [4.78, 5) is 0. The molecule has 0 fully saturated rings. The van der Waals surface area contributed by atoms with E-state index in [0.717, 1.165) is 31.2 Å². The molecule has 1 unspecified atom stereocenters. The van der Waals surface area contributed by atoms with Crippen molar-refractivity contribution in [2.24, 2.45) is 11.7 Å². The highest BCUT2D eigenvalue weighted by Gasteiger charge is 2.21. The highest BCUT2D eigenvalue weighted by atomic mass is 19.1. The molecular formula is C15H24FNO. The lowest BCUT2D eigenvalue weighted by molar-refractivity contribution is 0.348.